The van der Waals surface area contributed by atoms with E-state index in [1.807, 2.05) is 11.8 Å². The van der Waals surface area contributed by atoms with Crippen LogP contribution in [0.4, 0.5) is 0 Å². The minimum absolute atomic E-state index is 0.672. The van der Waals surface area contributed by atoms with Gasteiger partial charge < -0.3 is 4.90 Å². The molecule has 2 aliphatic heterocycles. The van der Waals surface area contributed by atoms with E-state index in [4.69, 9.17) is 0 Å². The predicted molar refractivity (Wildman–Crippen MR) is 77.4 cm³/mol. The summed E-state index contributed by atoms with van der Waals surface area (Å²) in [6.45, 7) is 6.07. The third-order valence-corrected chi connectivity index (χ3v) is 5.88. The molecule has 3 atom stereocenters. The SMILES string of the molecule is CCCCCSc1nsnc1[C@@H]1CN2CC[C@@H]1C2. The Hall–Kier alpha value is -0.130. The van der Waals surface area contributed by atoms with Crippen molar-refractivity contribution in [1.82, 2.24) is 13.6 Å². The Labute approximate surface area is 118 Å². The lowest BCUT2D eigenvalue weighted by Crippen LogP contribution is -2.22. The molecule has 0 N–H and O–H groups in total. The van der Waals surface area contributed by atoms with Gasteiger partial charge in [0.1, 0.15) is 5.03 Å². The summed E-state index contributed by atoms with van der Waals surface area (Å²) in [5.41, 5.74) is 1.31. The van der Waals surface area contributed by atoms with Crippen LogP contribution in [0.15, 0.2) is 5.03 Å². The van der Waals surface area contributed by atoms with E-state index in [9.17, 15) is 0 Å². The Morgan fingerprint density at radius 3 is 3.00 bits per heavy atom. The molecule has 5 heteroatoms. The first-order valence-electron chi connectivity index (χ1n) is 7.06. The fourth-order valence-corrected chi connectivity index (χ4v) is 4.90. The van der Waals surface area contributed by atoms with E-state index in [0.717, 1.165) is 5.92 Å². The fourth-order valence-electron chi connectivity index (χ4n) is 3.13. The maximum Gasteiger partial charge on any atom is 0.134 e. The second kappa shape index (κ2) is 5.88. The summed E-state index contributed by atoms with van der Waals surface area (Å²) < 4.78 is 9.12. The smallest absolute Gasteiger partial charge is 0.134 e. The van der Waals surface area contributed by atoms with Gasteiger partial charge in [-0.1, -0.05) is 19.8 Å². The van der Waals surface area contributed by atoms with Crippen molar-refractivity contribution >= 4 is 23.5 Å². The van der Waals surface area contributed by atoms with E-state index >= 15 is 0 Å². The summed E-state index contributed by atoms with van der Waals surface area (Å²) in [7, 11) is 0. The lowest BCUT2D eigenvalue weighted by molar-refractivity contribution is 0.342. The number of unbranched alkanes of at least 4 members (excludes halogenated alkanes) is 2. The third kappa shape index (κ3) is 2.58. The summed E-state index contributed by atoms with van der Waals surface area (Å²) in [6, 6.07) is 0. The number of thioether (sulfide) groups is 1. The molecule has 0 spiro atoms. The summed E-state index contributed by atoms with van der Waals surface area (Å²) in [5.74, 6) is 2.72. The molecule has 3 nitrogen and oxygen atoms in total. The normalized spacial score (nSPS) is 30.2. The van der Waals surface area contributed by atoms with Crippen LogP contribution in [-0.2, 0) is 0 Å². The number of nitrogens with zero attached hydrogens (tertiary/aromatic N) is 3. The third-order valence-electron chi connectivity index (χ3n) is 4.15. The number of rotatable bonds is 6. The quantitative estimate of drug-likeness (QED) is 0.592. The van der Waals surface area contributed by atoms with Gasteiger partial charge in [0.25, 0.3) is 0 Å². The van der Waals surface area contributed by atoms with Crippen molar-refractivity contribution in [2.45, 2.75) is 43.6 Å². The molecule has 1 aromatic heterocycles. The van der Waals surface area contributed by atoms with Crippen LogP contribution >= 0.6 is 23.5 Å². The molecule has 0 amide bonds. The fraction of sp³-hybridized carbons (Fsp3) is 0.846. The molecule has 3 rings (SSSR count). The van der Waals surface area contributed by atoms with Crippen LogP contribution < -0.4 is 0 Å². The number of aromatic nitrogens is 2. The second-order valence-electron chi connectivity index (χ2n) is 5.43. The van der Waals surface area contributed by atoms with E-state index in [-0.39, 0.29) is 0 Å². The first-order valence-corrected chi connectivity index (χ1v) is 8.77. The van der Waals surface area contributed by atoms with Crippen LogP contribution in [0.2, 0.25) is 0 Å². The highest BCUT2D eigenvalue weighted by molar-refractivity contribution is 7.99. The second-order valence-corrected chi connectivity index (χ2v) is 7.04. The van der Waals surface area contributed by atoms with Gasteiger partial charge in [0.15, 0.2) is 0 Å². The molecule has 0 saturated carbocycles. The maximum atomic E-state index is 4.60. The number of hydrogen-bond acceptors (Lipinski definition) is 5. The van der Waals surface area contributed by atoms with Crippen LogP contribution in [0.25, 0.3) is 0 Å². The van der Waals surface area contributed by atoms with Gasteiger partial charge >= 0.3 is 0 Å². The summed E-state index contributed by atoms with van der Waals surface area (Å²) >= 11 is 3.33. The molecule has 2 bridgehead atoms. The zero-order valence-corrected chi connectivity index (χ0v) is 12.6. The van der Waals surface area contributed by atoms with Crippen molar-refractivity contribution in [2.24, 2.45) is 5.92 Å². The monoisotopic (exact) mass is 283 g/mol. The first-order chi connectivity index (χ1) is 8.88. The Bertz CT molecular complexity index is 393. The summed E-state index contributed by atoms with van der Waals surface area (Å²) in [6.07, 6.45) is 5.29. The topological polar surface area (TPSA) is 29.0 Å². The van der Waals surface area contributed by atoms with Crippen molar-refractivity contribution in [1.29, 1.82) is 0 Å². The van der Waals surface area contributed by atoms with Crippen LogP contribution in [0.1, 0.15) is 44.2 Å². The average molecular weight is 283 g/mol. The number of hydrogen-bond donors (Lipinski definition) is 0. The minimum atomic E-state index is 0.672. The molecule has 0 aromatic carbocycles. The molecule has 2 fully saturated rings. The molecular weight excluding hydrogens is 262 g/mol. The first kappa shape index (κ1) is 12.9. The number of piperidine rings is 1. The van der Waals surface area contributed by atoms with Crippen LogP contribution in [-0.4, -0.2) is 39.0 Å². The molecule has 1 unspecified atom stereocenters. The highest BCUT2D eigenvalue weighted by atomic mass is 32.2. The minimum Gasteiger partial charge on any atom is -0.302 e. The van der Waals surface area contributed by atoms with E-state index < -0.39 is 0 Å². The highest BCUT2D eigenvalue weighted by Crippen LogP contribution is 2.42. The van der Waals surface area contributed by atoms with Crippen molar-refractivity contribution in [3.05, 3.63) is 5.69 Å². The molecule has 18 heavy (non-hydrogen) atoms. The van der Waals surface area contributed by atoms with Gasteiger partial charge in [-0.25, -0.2) is 0 Å². The largest absolute Gasteiger partial charge is 0.302 e. The standard InChI is InChI=1S/C13H21N3S2/c1-2-3-4-7-17-13-12(14-18-15-13)11-9-16-6-5-10(11)8-16/h10-11H,2-9H2,1H3/t10-,11-/m1/s1. The molecule has 2 aliphatic rings. The van der Waals surface area contributed by atoms with Crippen molar-refractivity contribution in [3.63, 3.8) is 0 Å². The maximum absolute atomic E-state index is 4.60. The van der Waals surface area contributed by atoms with Crippen LogP contribution in [0, 0.1) is 5.92 Å². The molecule has 100 valence electrons. The van der Waals surface area contributed by atoms with Gasteiger partial charge in [0.05, 0.1) is 17.4 Å². The van der Waals surface area contributed by atoms with Crippen LogP contribution in [0.3, 0.4) is 0 Å². The zero-order valence-electron chi connectivity index (χ0n) is 11.0. The predicted octanol–water partition coefficient (Wildman–Crippen LogP) is 3.24. The van der Waals surface area contributed by atoms with Gasteiger partial charge in [0.2, 0.25) is 0 Å². The summed E-state index contributed by atoms with van der Waals surface area (Å²) in [5, 5.41) is 1.23. The number of fused-ring (bicyclic) bond motifs is 2. The molecule has 3 heterocycles. The Morgan fingerprint density at radius 1 is 1.33 bits per heavy atom. The van der Waals surface area contributed by atoms with Crippen LogP contribution in [0.5, 0.6) is 0 Å². The lowest BCUT2D eigenvalue weighted by Gasteiger charge is -2.20. The molecule has 1 aromatic rings. The molecular formula is C13H21N3S2. The van der Waals surface area contributed by atoms with Crippen molar-refractivity contribution in [3.8, 4) is 0 Å². The van der Waals surface area contributed by atoms with E-state index in [0.29, 0.717) is 5.92 Å². The Morgan fingerprint density at radius 2 is 2.28 bits per heavy atom. The van der Waals surface area contributed by atoms with E-state index in [1.54, 1.807) is 0 Å². The van der Waals surface area contributed by atoms with Crippen molar-refractivity contribution in [2.75, 3.05) is 25.4 Å². The van der Waals surface area contributed by atoms with Crippen molar-refractivity contribution < 1.29 is 0 Å². The molecule has 0 radical (unpaired) electrons. The average Bonchev–Trinajstić information content (AvgIpc) is 3.09. The highest BCUT2D eigenvalue weighted by Gasteiger charge is 2.41. The van der Waals surface area contributed by atoms with E-state index in [1.165, 1.54) is 73.5 Å². The van der Waals surface area contributed by atoms with Gasteiger partial charge in [-0.05, 0) is 31.1 Å². The van der Waals surface area contributed by atoms with Gasteiger partial charge in [-0.2, -0.15) is 8.75 Å². The molecule has 0 aliphatic carbocycles. The zero-order chi connectivity index (χ0) is 12.4. The summed E-state index contributed by atoms with van der Waals surface area (Å²) in [4.78, 5) is 2.58. The lowest BCUT2D eigenvalue weighted by atomic mass is 9.90. The molecule has 2 saturated heterocycles. The van der Waals surface area contributed by atoms with Gasteiger partial charge in [-0.15, -0.1) is 11.8 Å². The van der Waals surface area contributed by atoms with E-state index in [2.05, 4.69) is 20.6 Å². The van der Waals surface area contributed by atoms with Gasteiger partial charge in [0, 0.05) is 19.0 Å². The Kier molecular flexibility index (Phi) is 4.21. The Balaban J connectivity index is 1.61. The van der Waals surface area contributed by atoms with Gasteiger partial charge in [-0.3, -0.25) is 0 Å².